The maximum atomic E-state index is 12.0. The highest BCUT2D eigenvalue weighted by Gasteiger charge is 2.19. The second-order valence-corrected chi connectivity index (χ2v) is 10.6. The Hall–Kier alpha value is -1.16. The van der Waals surface area contributed by atoms with Gasteiger partial charge in [-0.05, 0) is 51.1 Å². The maximum absolute atomic E-state index is 12.0. The summed E-state index contributed by atoms with van der Waals surface area (Å²) in [5.41, 5.74) is 0.403. The number of hydrogen-bond acceptors (Lipinski definition) is 6. The van der Waals surface area contributed by atoms with Gasteiger partial charge in [-0.1, -0.05) is 19.3 Å². The molecule has 0 unspecified atom stereocenters. The van der Waals surface area contributed by atoms with Crippen molar-refractivity contribution in [3.05, 3.63) is 18.2 Å². The van der Waals surface area contributed by atoms with Crippen molar-refractivity contribution in [3.8, 4) is 0 Å². The quantitative estimate of drug-likeness (QED) is 0.641. The van der Waals surface area contributed by atoms with Crippen LogP contribution in [0.2, 0.25) is 0 Å². The van der Waals surface area contributed by atoms with E-state index in [1.165, 1.54) is 44.2 Å². The van der Waals surface area contributed by atoms with Crippen LogP contribution in [0, 0.1) is 0 Å². The van der Waals surface area contributed by atoms with Crippen molar-refractivity contribution in [2.75, 3.05) is 31.7 Å². The number of hydrogen-bond donors (Lipinski definition) is 2. The Morgan fingerprint density at radius 3 is 2.38 bits per heavy atom. The predicted molar refractivity (Wildman–Crippen MR) is 104 cm³/mol. The molecule has 1 aliphatic carbocycles. The lowest BCUT2D eigenvalue weighted by molar-refractivity contribution is 0.191. The van der Waals surface area contributed by atoms with Crippen LogP contribution < -0.4 is 10.5 Å². The Kier molecular flexibility index (Phi) is 7.06. The van der Waals surface area contributed by atoms with E-state index < -0.39 is 19.9 Å². The normalized spacial score (nSPS) is 16.8. The summed E-state index contributed by atoms with van der Waals surface area (Å²) in [5.74, 6) is 0. The number of sulfonamides is 1. The first-order chi connectivity index (χ1) is 12.1. The van der Waals surface area contributed by atoms with Gasteiger partial charge in [0.1, 0.15) is 0 Å². The molecular formula is C17H29N3O4S2. The first kappa shape index (κ1) is 21.1. The minimum atomic E-state index is -3.95. The minimum Gasteiger partial charge on any atom is -0.384 e. The molecule has 26 heavy (non-hydrogen) atoms. The number of benzene rings is 1. The van der Waals surface area contributed by atoms with Gasteiger partial charge < -0.3 is 10.2 Å². The fourth-order valence-electron chi connectivity index (χ4n) is 3.39. The third-order valence-corrected chi connectivity index (χ3v) is 6.93. The molecule has 0 amide bonds. The highest BCUT2D eigenvalue weighted by atomic mass is 32.2. The molecule has 0 atom stereocenters. The average Bonchev–Trinajstić information content (AvgIpc) is 2.57. The molecule has 7 nitrogen and oxygen atoms in total. The van der Waals surface area contributed by atoms with E-state index in [9.17, 15) is 16.8 Å². The van der Waals surface area contributed by atoms with Crippen molar-refractivity contribution >= 4 is 25.5 Å². The molecule has 1 aliphatic rings. The van der Waals surface area contributed by atoms with E-state index in [2.05, 4.69) is 17.3 Å². The first-order valence-corrected chi connectivity index (χ1v) is 12.3. The molecule has 0 aliphatic heterocycles. The zero-order valence-electron chi connectivity index (χ0n) is 15.4. The molecule has 0 aromatic heterocycles. The summed E-state index contributed by atoms with van der Waals surface area (Å²) in [7, 11) is -5.39. The maximum Gasteiger partial charge on any atom is 0.238 e. The third-order valence-electron chi connectivity index (χ3n) is 4.88. The van der Waals surface area contributed by atoms with Crippen LogP contribution >= 0.6 is 0 Å². The standard InChI is InChI=1S/C17H29N3O4S2/c1-20(14-7-4-3-5-8-14)12-6-11-19-16-10-9-15(26(18,23)24)13-17(16)25(2,21)22/h9-10,13-14,19H,3-8,11-12H2,1-2H3,(H2,18,23,24). The molecule has 0 saturated heterocycles. The summed E-state index contributed by atoms with van der Waals surface area (Å²) in [6, 6.07) is 4.53. The molecule has 1 aromatic rings. The monoisotopic (exact) mass is 403 g/mol. The van der Waals surface area contributed by atoms with Gasteiger partial charge in [0.05, 0.1) is 15.5 Å². The van der Waals surface area contributed by atoms with Crippen molar-refractivity contribution in [2.24, 2.45) is 5.14 Å². The highest BCUT2D eigenvalue weighted by molar-refractivity contribution is 7.91. The predicted octanol–water partition coefficient (Wildman–Crippen LogP) is 1.80. The Morgan fingerprint density at radius 1 is 1.15 bits per heavy atom. The van der Waals surface area contributed by atoms with E-state index in [-0.39, 0.29) is 9.79 Å². The van der Waals surface area contributed by atoms with Crippen molar-refractivity contribution in [1.82, 2.24) is 4.90 Å². The Morgan fingerprint density at radius 2 is 1.81 bits per heavy atom. The lowest BCUT2D eigenvalue weighted by Gasteiger charge is -2.31. The van der Waals surface area contributed by atoms with Gasteiger partial charge in [0, 0.05) is 18.8 Å². The molecule has 1 aromatic carbocycles. The van der Waals surface area contributed by atoms with Crippen molar-refractivity contribution in [3.63, 3.8) is 0 Å². The fourth-order valence-corrected chi connectivity index (χ4v) is 4.88. The van der Waals surface area contributed by atoms with E-state index in [0.29, 0.717) is 18.3 Å². The summed E-state index contributed by atoms with van der Waals surface area (Å²) in [6.45, 7) is 1.54. The third kappa shape index (κ3) is 5.94. The Bertz CT molecular complexity index is 816. The van der Waals surface area contributed by atoms with Crippen LogP contribution in [0.25, 0.3) is 0 Å². The van der Waals surface area contributed by atoms with E-state index in [1.54, 1.807) is 0 Å². The smallest absolute Gasteiger partial charge is 0.238 e. The Balaban J connectivity index is 1.98. The number of nitrogens with two attached hydrogens (primary N) is 1. The van der Waals surface area contributed by atoms with Gasteiger partial charge in [0.25, 0.3) is 0 Å². The van der Waals surface area contributed by atoms with Gasteiger partial charge in [-0.15, -0.1) is 0 Å². The average molecular weight is 404 g/mol. The molecule has 0 heterocycles. The number of sulfone groups is 1. The van der Waals surface area contributed by atoms with Gasteiger partial charge in [-0.3, -0.25) is 0 Å². The zero-order chi connectivity index (χ0) is 19.4. The van der Waals surface area contributed by atoms with Crippen molar-refractivity contribution in [2.45, 2.75) is 54.4 Å². The van der Waals surface area contributed by atoms with Crippen molar-refractivity contribution < 1.29 is 16.8 Å². The number of primary sulfonamides is 1. The topological polar surface area (TPSA) is 110 Å². The van der Waals surface area contributed by atoms with Crippen molar-refractivity contribution in [1.29, 1.82) is 0 Å². The summed E-state index contributed by atoms with van der Waals surface area (Å²) >= 11 is 0. The van der Waals surface area contributed by atoms with E-state index in [4.69, 9.17) is 5.14 Å². The van der Waals surface area contributed by atoms with E-state index in [0.717, 1.165) is 25.3 Å². The van der Waals surface area contributed by atoms with Gasteiger partial charge in [-0.25, -0.2) is 22.0 Å². The van der Waals surface area contributed by atoms with Crippen LogP contribution in [0.15, 0.2) is 28.0 Å². The van der Waals surface area contributed by atoms with Crippen LogP contribution in [0.3, 0.4) is 0 Å². The minimum absolute atomic E-state index is 0.0512. The van der Waals surface area contributed by atoms with Crippen LogP contribution in [0.5, 0.6) is 0 Å². The lowest BCUT2D eigenvalue weighted by atomic mass is 9.94. The largest absolute Gasteiger partial charge is 0.384 e. The van der Waals surface area contributed by atoms with Gasteiger partial charge in [0.15, 0.2) is 9.84 Å². The summed E-state index contributed by atoms with van der Waals surface area (Å²) < 4.78 is 46.9. The zero-order valence-corrected chi connectivity index (χ0v) is 17.1. The second-order valence-electron chi connectivity index (χ2n) is 7.03. The number of nitrogens with one attached hydrogen (secondary N) is 1. The molecule has 3 N–H and O–H groups in total. The Labute approximate surface area is 156 Å². The molecule has 1 fully saturated rings. The molecule has 2 rings (SSSR count). The van der Waals surface area contributed by atoms with Gasteiger partial charge in [0.2, 0.25) is 10.0 Å². The van der Waals surface area contributed by atoms with Crippen LogP contribution in [-0.4, -0.2) is 54.2 Å². The molecular weight excluding hydrogens is 374 g/mol. The van der Waals surface area contributed by atoms with E-state index >= 15 is 0 Å². The molecule has 9 heteroatoms. The molecule has 1 saturated carbocycles. The molecule has 0 bridgehead atoms. The first-order valence-electron chi connectivity index (χ1n) is 8.90. The van der Waals surface area contributed by atoms with Gasteiger partial charge in [-0.2, -0.15) is 0 Å². The summed E-state index contributed by atoms with van der Waals surface area (Å²) in [4.78, 5) is 2.12. The second kappa shape index (κ2) is 8.69. The van der Waals surface area contributed by atoms with E-state index in [1.807, 2.05) is 0 Å². The summed E-state index contributed by atoms with van der Waals surface area (Å²) in [5, 5.41) is 8.21. The number of rotatable bonds is 8. The number of nitrogens with zero attached hydrogens (tertiary/aromatic N) is 1. The van der Waals surface area contributed by atoms with Crippen LogP contribution in [-0.2, 0) is 19.9 Å². The summed E-state index contributed by atoms with van der Waals surface area (Å²) in [6.07, 6.45) is 8.33. The molecule has 0 radical (unpaired) electrons. The molecule has 148 valence electrons. The molecule has 0 spiro atoms. The fraction of sp³-hybridized carbons (Fsp3) is 0.647. The lowest BCUT2D eigenvalue weighted by Crippen LogP contribution is -2.34. The van der Waals surface area contributed by atoms with Crippen LogP contribution in [0.1, 0.15) is 38.5 Å². The van der Waals surface area contributed by atoms with Crippen LogP contribution in [0.4, 0.5) is 5.69 Å². The highest BCUT2D eigenvalue weighted by Crippen LogP contribution is 2.25. The van der Waals surface area contributed by atoms with Gasteiger partial charge >= 0.3 is 0 Å². The SMILES string of the molecule is CN(CCCNc1ccc(S(N)(=O)=O)cc1S(C)(=O)=O)C1CCCCC1. The number of anilines is 1.